The Morgan fingerprint density at radius 3 is 2.27 bits per heavy atom. The molecule has 2 amide bonds. The van der Waals surface area contributed by atoms with Gasteiger partial charge in [0.05, 0.1) is 26.1 Å². The number of nitrogens with zero attached hydrogens (tertiary/aromatic N) is 1. The van der Waals surface area contributed by atoms with Crippen molar-refractivity contribution < 1.29 is 19.1 Å². The van der Waals surface area contributed by atoms with Crippen LogP contribution in [-0.4, -0.2) is 32.2 Å². The van der Waals surface area contributed by atoms with Gasteiger partial charge in [-0.1, -0.05) is 24.3 Å². The molecule has 26 heavy (non-hydrogen) atoms. The van der Waals surface area contributed by atoms with E-state index in [2.05, 4.69) is 15.8 Å². The van der Waals surface area contributed by atoms with Gasteiger partial charge in [0.25, 0.3) is 0 Å². The van der Waals surface area contributed by atoms with Crippen LogP contribution in [0.15, 0.2) is 53.6 Å². The van der Waals surface area contributed by atoms with E-state index in [-0.39, 0.29) is 24.7 Å². The molecule has 136 valence electrons. The molecule has 0 saturated heterocycles. The van der Waals surface area contributed by atoms with Crippen molar-refractivity contribution in [1.29, 1.82) is 0 Å². The standard InChI is InChI=1S/C19H21N3O4/c1-25-16-9-5-3-7-14(16)13-20-22-19(24)12-11-18(23)21-15-8-4-6-10-17(15)26-2/h3-10,13H,11-12H2,1-2H3,(H,21,23)(H,22,24)/b20-13+. The van der Waals surface area contributed by atoms with Crippen LogP contribution in [0.3, 0.4) is 0 Å². The van der Waals surface area contributed by atoms with Crippen LogP contribution in [0.4, 0.5) is 5.69 Å². The summed E-state index contributed by atoms with van der Waals surface area (Å²) in [5.41, 5.74) is 3.70. The molecule has 7 nitrogen and oxygen atoms in total. The first kappa shape index (κ1) is 19.0. The van der Waals surface area contributed by atoms with Gasteiger partial charge in [0.15, 0.2) is 0 Å². The highest BCUT2D eigenvalue weighted by Gasteiger charge is 2.09. The molecule has 0 unspecified atom stereocenters. The molecular weight excluding hydrogens is 334 g/mol. The van der Waals surface area contributed by atoms with E-state index in [1.165, 1.54) is 13.3 Å². The van der Waals surface area contributed by atoms with Crippen LogP contribution in [0.2, 0.25) is 0 Å². The topological polar surface area (TPSA) is 89.0 Å². The highest BCUT2D eigenvalue weighted by molar-refractivity contribution is 5.94. The fourth-order valence-corrected chi connectivity index (χ4v) is 2.19. The van der Waals surface area contributed by atoms with Gasteiger partial charge in [0.2, 0.25) is 11.8 Å². The average Bonchev–Trinajstić information content (AvgIpc) is 2.67. The maximum absolute atomic E-state index is 12.0. The lowest BCUT2D eigenvalue weighted by Crippen LogP contribution is -2.20. The fourth-order valence-electron chi connectivity index (χ4n) is 2.19. The maximum Gasteiger partial charge on any atom is 0.240 e. The predicted octanol–water partition coefficient (Wildman–Crippen LogP) is 2.57. The van der Waals surface area contributed by atoms with Crippen molar-refractivity contribution in [3.05, 3.63) is 54.1 Å². The summed E-state index contributed by atoms with van der Waals surface area (Å²) in [6.45, 7) is 0. The van der Waals surface area contributed by atoms with Crippen LogP contribution in [0.1, 0.15) is 18.4 Å². The van der Waals surface area contributed by atoms with Gasteiger partial charge in [-0.2, -0.15) is 5.10 Å². The Labute approximate surface area is 152 Å². The average molecular weight is 355 g/mol. The van der Waals surface area contributed by atoms with Crippen molar-refractivity contribution in [2.45, 2.75) is 12.8 Å². The number of rotatable bonds is 8. The van der Waals surface area contributed by atoms with Gasteiger partial charge in [-0.15, -0.1) is 0 Å². The summed E-state index contributed by atoms with van der Waals surface area (Å²) in [6.07, 6.45) is 1.55. The SMILES string of the molecule is COc1ccccc1/C=N/NC(=O)CCC(=O)Nc1ccccc1OC. The van der Waals surface area contributed by atoms with Gasteiger partial charge in [0, 0.05) is 18.4 Å². The minimum atomic E-state index is -0.355. The smallest absolute Gasteiger partial charge is 0.240 e. The van der Waals surface area contributed by atoms with E-state index < -0.39 is 0 Å². The Hall–Kier alpha value is -3.35. The van der Waals surface area contributed by atoms with Gasteiger partial charge >= 0.3 is 0 Å². The second-order valence-electron chi connectivity index (χ2n) is 5.28. The van der Waals surface area contributed by atoms with E-state index in [0.717, 1.165) is 5.56 Å². The number of carbonyl (C=O) groups excluding carboxylic acids is 2. The zero-order valence-electron chi connectivity index (χ0n) is 14.7. The van der Waals surface area contributed by atoms with Crippen molar-refractivity contribution in [3.63, 3.8) is 0 Å². The molecule has 0 aliphatic rings. The minimum Gasteiger partial charge on any atom is -0.496 e. The second kappa shape index (κ2) is 9.83. The summed E-state index contributed by atoms with van der Waals surface area (Å²) in [7, 11) is 3.09. The first-order valence-corrected chi connectivity index (χ1v) is 8.02. The Morgan fingerprint density at radius 1 is 0.923 bits per heavy atom. The van der Waals surface area contributed by atoms with Gasteiger partial charge in [-0.3, -0.25) is 9.59 Å². The molecule has 0 aliphatic carbocycles. The first-order chi connectivity index (χ1) is 12.6. The Balaban J connectivity index is 1.79. The number of hydrogen-bond donors (Lipinski definition) is 2. The Morgan fingerprint density at radius 2 is 1.54 bits per heavy atom. The van der Waals surface area contributed by atoms with Gasteiger partial charge < -0.3 is 14.8 Å². The Bertz CT molecular complexity index is 790. The fraction of sp³-hybridized carbons (Fsp3) is 0.211. The van der Waals surface area contributed by atoms with Crippen LogP contribution >= 0.6 is 0 Å². The van der Waals surface area contributed by atoms with Crippen molar-refractivity contribution in [2.24, 2.45) is 5.10 Å². The number of para-hydroxylation sites is 3. The minimum absolute atomic E-state index is 0.0181. The number of hydrazone groups is 1. The summed E-state index contributed by atoms with van der Waals surface area (Å²) in [4.78, 5) is 23.8. The molecule has 0 atom stereocenters. The zero-order valence-corrected chi connectivity index (χ0v) is 14.7. The normalized spacial score (nSPS) is 10.4. The molecule has 2 aromatic rings. The number of nitrogens with one attached hydrogen (secondary N) is 2. The number of anilines is 1. The summed E-state index contributed by atoms with van der Waals surface area (Å²) in [6, 6.07) is 14.4. The van der Waals surface area contributed by atoms with Crippen LogP contribution < -0.4 is 20.2 Å². The third kappa shape index (κ3) is 5.62. The highest BCUT2D eigenvalue weighted by Crippen LogP contribution is 2.23. The Kier molecular flexibility index (Phi) is 7.17. The molecule has 0 fully saturated rings. The molecule has 0 spiro atoms. The van der Waals surface area contributed by atoms with Crippen LogP contribution in [0.5, 0.6) is 11.5 Å². The van der Waals surface area contributed by atoms with E-state index in [0.29, 0.717) is 17.2 Å². The molecule has 0 bridgehead atoms. The van der Waals surface area contributed by atoms with Gasteiger partial charge in [-0.25, -0.2) is 5.43 Å². The number of amides is 2. The van der Waals surface area contributed by atoms with Gasteiger partial charge in [-0.05, 0) is 24.3 Å². The van der Waals surface area contributed by atoms with E-state index in [1.54, 1.807) is 31.4 Å². The van der Waals surface area contributed by atoms with Crippen LogP contribution in [-0.2, 0) is 9.59 Å². The number of hydrogen-bond acceptors (Lipinski definition) is 5. The summed E-state index contributed by atoms with van der Waals surface area (Å²) in [5.74, 6) is 0.582. The number of ether oxygens (including phenoxy) is 2. The molecule has 2 aromatic carbocycles. The highest BCUT2D eigenvalue weighted by atomic mass is 16.5. The zero-order chi connectivity index (χ0) is 18.8. The van der Waals surface area contributed by atoms with E-state index in [4.69, 9.17) is 9.47 Å². The largest absolute Gasteiger partial charge is 0.496 e. The van der Waals surface area contributed by atoms with Crippen molar-refractivity contribution in [1.82, 2.24) is 5.43 Å². The van der Waals surface area contributed by atoms with E-state index >= 15 is 0 Å². The van der Waals surface area contributed by atoms with Crippen molar-refractivity contribution in [3.8, 4) is 11.5 Å². The molecule has 0 radical (unpaired) electrons. The van der Waals surface area contributed by atoms with Crippen molar-refractivity contribution >= 4 is 23.7 Å². The molecule has 7 heteroatoms. The van der Waals surface area contributed by atoms with Crippen LogP contribution in [0, 0.1) is 0 Å². The van der Waals surface area contributed by atoms with E-state index in [1.807, 2.05) is 24.3 Å². The number of carbonyl (C=O) groups is 2. The quantitative estimate of drug-likeness (QED) is 0.563. The van der Waals surface area contributed by atoms with E-state index in [9.17, 15) is 9.59 Å². The third-order valence-electron chi connectivity index (χ3n) is 3.49. The molecule has 0 saturated carbocycles. The second-order valence-corrected chi connectivity index (χ2v) is 5.28. The first-order valence-electron chi connectivity index (χ1n) is 8.02. The summed E-state index contributed by atoms with van der Waals surface area (Å²) < 4.78 is 10.4. The molecule has 2 N–H and O–H groups in total. The third-order valence-corrected chi connectivity index (χ3v) is 3.49. The molecule has 0 aliphatic heterocycles. The number of methoxy groups -OCH3 is 2. The molecule has 0 heterocycles. The summed E-state index contributed by atoms with van der Waals surface area (Å²) >= 11 is 0. The lowest BCUT2D eigenvalue weighted by atomic mass is 10.2. The molecular formula is C19H21N3O4. The lowest BCUT2D eigenvalue weighted by molar-refractivity contribution is -0.124. The maximum atomic E-state index is 12.0. The molecule has 0 aromatic heterocycles. The number of benzene rings is 2. The predicted molar refractivity (Wildman–Crippen MR) is 99.6 cm³/mol. The summed E-state index contributed by atoms with van der Waals surface area (Å²) in [5, 5.41) is 6.60. The molecule has 2 rings (SSSR count). The van der Waals surface area contributed by atoms with Crippen molar-refractivity contribution in [2.75, 3.05) is 19.5 Å². The lowest BCUT2D eigenvalue weighted by Gasteiger charge is -2.09. The monoisotopic (exact) mass is 355 g/mol. The van der Waals surface area contributed by atoms with Crippen LogP contribution in [0.25, 0.3) is 0 Å². The van der Waals surface area contributed by atoms with Gasteiger partial charge in [0.1, 0.15) is 11.5 Å².